The number of ether oxygens (including phenoxy) is 1. The van der Waals surface area contributed by atoms with Gasteiger partial charge in [-0.2, -0.15) is 0 Å². The summed E-state index contributed by atoms with van der Waals surface area (Å²) in [6.45, 7) is 7.97. The molecule has 0 spiro atoms. The van der Waals surface area contributed by atoms with Gasteiger partial charge in [-0.05, 0) is 33.3 Å². The standard InChI is InChI=1S/C15H22N2O2/c1-12(17-14(18)19-15(2,3)4)10-16-11-13-8-6-5-7-9-13/h5-10,12H,11H2,1-4H3,(H,17,18). The predicted molar refractivity (Wildman–Crippen MR) is 77.5 cm³/mol. The van der Waals surface area contributed by atoms with Crippen LogP contribution in [0, 0.1) is 0 Å². The van der Waals surface area contributed by atoms with E-state index in [0.717, 1.165) is 5.56 Å². The van der Waals surface area contributed by atoms with Crippen molar-refractivity contribution in [3.05, 3.63) is 35.9 Å². The van der Waals surface area contributed by atoms with Gasteiger partial charge in [0.2, 0.25) is 0 Å². The molecule has 4 nitrogen and oxygen atoms in total. The molecule has 0 bridgehead atoms. The van der Waals surface area contributed by atoms with Crippen molar-refractivity contribution in [2.45, 2.75) is 45.9 Å². The minimum Gasteiger partial charge on any atom is -0.444 e. The van der Waals surface area contributed by atoms with E-state index >= 15 is 0 Å². The molecule has 0 saturated carbocycles. The minimum atomic E-state index is -0.481. The van der Waals surface area contributed by atoms with Crippen LogP contribution >= 0.6 is 0 Å². The average molecular weight is 262 g/mol. The Morgan fingerprint density at radius 3 is 2.58 bits per heavy atom. The monoisotopic (exact) mass is 262 g/mol. The number of alkyl carbamates (subject to hydrolysis) is 1. The third kappa shape index (κ3) is 7.24. The van der Waals surface area contributed by atoms with E-state index in [2.05, 4.69) is 10.3 Å². The second kappa shape index (κ2) is 6.92. The smallest absolute Gasteiger partial charge is 0.408 e. The van der Waals surface area contributed by atoms with Crippen LogP contribution in [0.3, 0.4) is 0 Å². The van der Waals surface area contributed by atoms with E-state index in [1.165, 1.54) is 0 Å². The Morgan fingerprint density at radius 2 is 2.00 bits per heavy atom. The van der Waals surface area contributed by atoms with Crippen molar-refractivity contribution in [3.8, 4) is 0 Å². The van der Waals surface area contributed by atoms with Crippen LogP contribution in [0.4, 0.5) is 4.79 Å². The molecule has 0 saturated heterocycles. The number of carbonyl (C=O) groups is 1. The van der Waals surface area contributed by atoms with Crippen molar-refractivity contribution in [3.63, 3.8) is 0 Å². The fourth-order valence-electron chi connectivity index (χ4n) is 1.43. The molecule has 1 amide bonds. The van der Waals surface area contributed by atoms with Crippen molar-refractivity contribution < 1.29 is 9.53 Å². The first kappa shape index (κ1) is 15.2. The Bertz CT molecular complexity index is 422. The number of benzene rings is 1. The summed E-state index contributed by atoms with van der Waals surface area (Å²) in [5.74, 6) is 0. The summed E-state index contributed by atoms with van der Waals surface area (Å²) in [4.78, 5) is 15.8. The van der Waals surface area contributed by atoms with Gasteiger partial charge in [0, 0.05) is 6.21 Å². The van der Waals surface area contributed by atoms with Crippen LogP contribution < -0.4 is 5.32 Å². The Hall–Kier alpha value is -1.84. The highest BCUT2D eigenvalue weighted by molar-refractivity contribution is 5.75. The lowest BCUT2D eigenvalue weighted by molar-refractivity contribution is 0.0522. The van der Waals surface area contributed by atoms with E-state index in [-0.39, 0.29) is 6.04 Å². The predicted octanol–water partition coefficient (Wildman–Crippen LogP) is 3.17. The van der Waals surface area contributed by atoms with E-state index < -0.39 is 11.7 Å². The zero-order chi connectivity index (χ0) is 14.3. The second-order valence-corrected chi connectivity index (χ2v) is 5.41. The van der Waals surface area contributed by atoms with Gasteiger partial charge in [0.15, 0.2) is 0 Å². The molecule has 4 heteroatoms. The van der Waals surface area contributed by atoms with Crippen LogP contribution in [0.1, 0.15) is 33.3 Å². The normalized spacial score (nSPS) is 13.3. The van der Waals surface area contributed by atoms with Crippen molar-refractivity contribution in [2.24, 2.45) is 4.99 Å². The second-order valence-electron chi connectivity index (χ2n) is 5.41. The number of rotatable bonds is 4. The van der Waals surface area contributed by atoms with Crippen LogP contribution in [-0.2, 0) is 11.3 Å². The van der Waals surface area contributed by atoms with Crippen molar-refractivity contribution in [1.29, 1.82) is 0 Å². The largest absolute Gasteiger partial charge is 0.444 e. The fraction of sp³-hybridized carbons (Fsp3) is 0.467. The molecule has 1 aromatic rings. The van der Waals surface area contributed by atoms with Gasteiger partial charge < -0.3 is 10.1 Å². The Morgan fingerprint density at radius 1 is 1.37 bits per heavy atom. The quantitative estimate of drug-likeness (QED) is 0.847. The van der Waals surface area contributed by atoms with Crippen LogP contribution in [0.25, 0.3) is 0 Å². The Kier molecular flexibility index (Phi) is 5.55. The Labute approximate surface area is 114 Å². The third-order valence-electron chi connectivity index (χ3n) is 2.19. The molecule has 0 aliphatic rings. The lowest BCUT2D eigenvalue weighted by atomic mass is 10.2. The van der Waals surface area contributed by atoms with Gasteiger partial charge in [-0.1, -0.05) is 30.3 Å². The first-order valence-corrected chi connectivity index (χ1v) is 6.40. The van der Waals surface area contributed by atoms with Crippen molar-refractivity contribution in [2.75, 3.05) is 0 Å². The number of nitrogens with zero attached hydrogens (tertiary/aromatic N) is 1. The molecule has 104 valence electrons. The average Bonchev–Trinajstić information content (AvgIpc) is 2.27. The topological polar surface area (TPSA) is 50.7 Å². The van der Waals surface area contributed by atoms with Crippen LogP contribution in [0.2, 0.25) is 0 Å². The number of aliphatic imine (C=N–C) groups is 1. The number of amides is 1. The van der Waals surface area contributed by atoms with Gasteiger partial charge in [0.1, 0.15) is 5.60 Å². The highest BCUT2D eigenvalue weighted by Crippen LogP contribution is 2.06. The number of hydrogen-bond acceptors (Lipinski definition) is 3. The van der Waals surface area contributed by atoms with E-state index in [1.54, 1.807) is 6.21 Å². The van der Waals surface area contributed by atoms with Gasteiger partial charge in [0.05, 0.1) is 12.6 Å². The lowest BCUT2D eigenvalue weighted by Crippen LogP contribution is -2.38. The molecule has 0 aliphatic heterocycles. The molecule has 1 aromatic carbocycles. The summed E-state index contributed by atoms with van der Waals surface area (Å²) >= 11 is 0. The summed E-state index contributed by atoms with van der Waals surface area (Å²) in [6, 6.07) is 9.81. The molecule has 0 aromatic heterocycles. The molecule has 1 atom stereocenters. The lowest BCUT2D eigenvalue weighted by Gasteiger charge is -2.20. The molecule has 1 unspecified atom stereocenters. The van der Waals surface area contributed by atoms with E-state index in [0.29, 0.717) is 6.54 Å². The van der Waals surface area contributed by atoms with Gasteiger partial charge in [-0.25, -0.2) is 4.79 Å². The van der Waals surface area contributed by atoms with Crippen molar-refractivity contribution >= 4 is 12.3 Å². The zero-order valence-corrected chi connectivity index (χ0v) is 12.0. The molecule has 0 fully saturated rings. The molecule has 1 rings (SSSR count). The molecule has 0 heterocycles. The van der Waals surface area contributed by atoms with Gasteiger partial charge in [-0.3, -0.25) is 4.99 Å². The summed E-state index contributed by atoms with van der Waals surface area (Å²) in [7, 11) is 0. The van der Waals surface area contributed by atoms with E-state index in [9.17, 15) is 4.79 Å². The van der Waals surface area contributed by atoms with Gasteiger partial charge in [-0.15, -0.1) is 0 Å². The summed E-state index contributed by atoms with van der Waals surface area (Å²) in [5.41, 5.74) is 0.661. The first-order valence-electron chi connectivity index (χ1n) is 6.40. The van der Waals surface area contributed by atoms with E-state index in [4.69, 9.17) is 4.74 Å². The third-order valence-corrected chi connectivity index (χ3v) is 2.19. The molecular formula is C15H22N2O2. The number of carbonyl (C=O) groups excluding carboxylic acids is 1. The zero-order valence-electron chi connectivity index (χ0n) is 12.0. The maximum Gasteiger partial charge on any atom is 0.408 e. The molecule has 19 heavy (non-hydrogen) atoms. The van der Waals surface area contributed by atoms with Crippen molar-refractivity contribution in [1.82, 2.24) is 5.32 Å². The summed E-state index contributed by atoms with van der Waals surface area (Å²) < 4.78 is 5.16. The fourth-order valence-corrected chi connectivity index (χ4v) is 1.43. The molecule has 0 aliphatic carbocycles. The highest BCUT2D eigenvalue weighted by Gasteiger charge is 2.16. The molecule has 1 N–H and O–H groups in total. The number of hydrogen-bond donors (Lipinski definition) is 1. The van der Waals surface area contributed by atoms with Crippen LogP contribution in [0.15, 0.2) is 35.3 Å². The molecular weight excluding hydrogens is 240 g/mol. The first-order chi connectivity index (χ1) is 8.87. The Balaban J connectivity index is 2.35. The van der Waals surface area contributed by atoms with Crippen LogP contribution in [-0.4, -0.2) is 24.0 Å². The van der Waals surface area contributed by atoms with Crippen LogP contribution in [0.5, 0.6) is 0 Å². The van der Waals surface area contributed by atoms with Gasteiger partial charge in [0.25, 0.3) is 0 Å². The molecule has 0 radical (unpaired) electrons. The number of nitrogens with one attached hydrogen (secondary N) is 1. The summed E-state index contributed by atoms with van der Waals surface area (Å²) in [6.07, 6.45) is 1.29. The summed E-state index contributed by atoms with van der Waals surface area (Å²) in [5, 5.41) is 2.71. The maximum atomic E-state index is 11.5. The SMILES string of the molecule is CC(C=NCc1ccccc1)NC(=O)OC(C)(C)C. The minimum absolute atomic E-state index is 0.154. The maximum absolute atomic E-state index is 11.5. The van der Waals surface area contributed by atoms with E-state index in [1.807, 2.05) is 58.0 Å². The highest BCUT2D eigenvalue weighted by atomic mass is 16.6. The van der Waals surface area contributed by atoms with Gasteiger partial charge >= 0.3 is 6.09 Å².